The summed E-state index contributed by atoms with van der Waals surface area (Å²) in [5.74, 6) is -5.19. The van der Waals surface area contributed by atoms with Crippen LogP contribution in [0.5, 0.6) is 0 Å². The molecule has 4 heteroatoms. The van der Waals surface area contributed by atoms with E-state index in [9.17, 15) is 17.6 Å². The van der Waals surface area contributed by atoms with E-state index in [0.29, 0.717) is 12.0 Å². The zero-order valence-electron chi connectivity index (χ0n) is 16.3. The predicted octanol–water partition coefficient (Wildman–Crippen LogP) is 7.62. The van der Waals surface area contributed by atoms with Crippen molar-refractivity contribution in [3.63, 3.8) is 0 Å². The highest BCUT2D eigenvalue weighted by Gasteiger charge is 2.45. The number of hydrogen-bond acceptors (Lipinski definition) is 0. The van der Waals surface area contributed by atoms with Gasteiger partial charge in [0, 0.05) is 6.42 Å². The molecule has 2 atom stereocenters. The van der Waals surface area contributed by atoms with E-state index in [-0.39, 0.29) is 5.92 Å². The van der Waals surface area contributed by atoms with Gasteiger partial charge in [0.05, 0.1) is 12.6 Å². The summed E-state index contributed by atoms with van der Waals surface area (Å²) in [5.41, 5.74) is 1.38. The van der Waals surface area contributed by atoms with E-state index in [0.717, 1.165) is 31.8 Å². The van der Waals surface area contributed by atoms with E-state index in [1.165, 1.54) is 0 Å². The molecule has 25 heavy (non-hydrogen) atoms. The van der Waals surface area contributed by atoms with Gasteiger partial charge in [0.1, 0.15) is 6.17 Å². The summed E-state index contributed by atoms with van der Waals surface area (Å²) in [6.07, 6.45) is 8.72. The number of hydrogen-bond donors (Lipinski definition) is 0. The molecular formula is C21H34F4. The quantitative estimate of drug-likeness (QED) is 0.145. The topological polar surface area (TPSA) is 0 Å². The molecule has 0 amide bonds. The van der Waals surface area contributed by atoms with E-state index in [1.54, 1.807) is 19.9 Å². The molecule has 0 aliphatic carbocycles. The molecule has 0 aliphatic rings. The normalized spacial score (nSPS) is 16.7. The SMILES string of the molecule is C/C=C(\C=C/CCCC)C/C=C(/C(C)C)C(C(C)F)C(F)(F)CCF. The molecule has 0 saturated carbocycles. The average molecular weight is 362 g/mol. The van der Waals surface area contributed by atoms with Crippen molar-refractivity contribution in [1.29, 1.82) is 0 Å². The van der Waals surface area contributed by atoms with Gasteiger partial charge in [-0.2, -0.15) is 0 Å². The summed E-state index contributed by atoms with van der Waals surface area (Å²) >= 11 is 0. The van der Waals surface area contributed by atoms with Crippen LogP contribution < -0.4 is 0 Å². The lowest BCUT2D eigenvalue weighted by Gasteiger charge is -2.32. The van der Waals surface area contributed by atoms with Crippen LogP contribution in [-0.2, 0) is 0 Å². The van der Waals surface area contributed by atoms with E-state index in [1.807, 2.05) is 19.1 Å². The Hall–Kier alpha value is -1.06. The summed E-state index contributed by atoms with van der Waals surface area (Å²) in [6, 6.07) is 0. The van der Waals surface area contributed by atoms with Crippen molar-refractivity contribution >= 4 is 0 Å². The molecule has 0 rings (SSSR count). The van der Waals surface area contributed by atoms with Crippen LogP contribution in [-0.4, -0.2) is 18.8 Å². The van der Waals surface area contributed by atoms with Gasteiger partial charge in [0.2, 0.25) is 0 Å². The highest BCUT2D eigenvalue weighted by atomic mass is 19.3. The Kier molecular flexibility index (Phi) is 11.8. The Morgan fingerprint density at radius 2 is 1.80 bits per heavy atom. The maximum absolute atomic E-state index is 14.3. The highest BCUT2D eigenvalue weighted by molar-refractivity contribution is 5.25. The van der Waals surface area contributed by atoms with Gasteiger partial charge in [-0.15, -0.1) is 0 Å². The van der Waals surface area contributed by atoms with Gasteiger partial charge < -0.3 is 0 Å². The molecule has 0 aromatic rings. The summed E-state index contributed by atoms with van der Waals surface area (Å²) in [6.45, 7) is 7.56. The summed E-state index contributed by atoms with van der Waals surface area (Å²) < 4.78 is 55.1. The fourth-order valence-electron chi connectivity index (χ4n) is 2.92. The number of halogens is 4. The molecule has 0 saturated heterocycles. The van der Waals surface area contributed by atoms with Gasteiger partial charge >= 0.3 is 0 Å². The first-order chi connectivity index (χ1) is 11.7. The number of allylic oxidation sites excluding steroid dienone is 6. The molecule has 0 N–H and O–H groups in total. The largest absolute Gasteiger partial charge is 0.259 e. The Morgan fingerprint density at radius 1 is 1.16 bits per heavy atom. The third-order valence-electron chi connectivity index (χ3n) is 4.37. The fourth-order valence-corrected chi connectivity index (χ4v) is 2.92. The molecule has 0 fully saturated rings. The predicted molar refractivity (Wildman–Crippen MR) is 99.6 cm³/mol. The first-order valence-corrected chi connectivity index (χ1v) is 9.30. The van der Waals surface area contributed by atoms with Crippen molar-refractivity contribution in [3.8, 4) is 0 Å². The molecule has 146 valence electrons. The second kappa shape index (κ2) is 12.3. The second-order valence-electron chi connectivity index (χ2n) is 6.83. The zero-order chi connectivity index (χ0) is 19.5. The van der Waals surface area contributed by atoms with E-state index < -0.39 is 31.1 Å². The van der Waals surface area contributed by atoms with Gasteiger partial charge in [-0.3, -0.25) is 4.39 Å². The van der Waals surface area contributed by atoms with Gasteiger partial charge in [0.25, 0.3) is 5.92 Å². The fraction of sp³-hybridized carbons (Fsp3) is 0.714. The van der Waals surface area contributed by atoms with Crippen LogP contribution in [0.2, 0.25) is 0 Å². The van der Waals surface area contributed by atoms with Gasteiger partial charge in [-0.1, -0.05) is 63.5 Å². The minimum atomic E-state index is -3.38. The van der Waals surface area contributed by atoms with E-state index in [4.69, 9.17) is 0 Å². The van der Waals surface area contributed by atoms with E-state index >= 15 is 0 Å². The molecule has 0 spiro atoms. The van der Waals surface area contributed by atoms with Gasteiger partial charge in [-0.25, -0.2) is 13.2 Å². The Bertz CT molecular complexity index is 445. The van der Waals surface area contributed by atoms with Crippen LogP contribution in [0, 0.1) is 11.8 Å². The maximum Gasteiger partial charge on any atom is 0.259 e. The Morgan fingerprint density at radius 3 is 2.24 bits per heavy atom. The molecule has 0 bridgehead atoms. The number of alkyl halides is 4. The lowest BCUT2D eigenvalue weighted by Crippen LogP contribution is -2.37. The maximum atomic E-state index is 14.3. The molecular weight excluding hydrogens is 328 g/mol. The van der Waals surface area contributed by atoms with Crippen molar-refractivity contribution in [2.45, 2.75) is 78.8 Å². The Labute approximate surface area is 151 Å². The van der Waals surface area contributed by atoms with E-state index in [2.05, 4.69) is 13.0 Å². The van der Waals surface area contributed by atoms with Crippen LogP contribution in [0.1, 0.15) is 66.7 Å². The summed E-state index contributed by atoms with van der Waals surface area (Å²) in [5, 5.41) is 0. The highest BCUT2D eigenvalue weighted by Crippen LogP contribution is 2.40. The lowest BCUT2D eigenvalue weighted by atomic mass is 9.80. The molecule has 0 aliphatic heterocycles. The molecule has 0 heterocycles. The standard InChI is InChI=1S/C21H34F4/c1-6-8-9-10-11-18(7-2)12-13-19(16(3)4)20(17(5)23)21(24,25)14-15-22/h7,10-11,13,16-17,20H,6,8-9,12,14-15H2,1-5H3/b11-10-,18-7+,19-13-. The van der Waals surface area contributed by atoms with Crippen LogP contribution in [0.3, 0.4) is 0 Å². The minimum absolute atomic E-state index is 0.226. The first kappa shape index (κ1) is 23.9. The van der Waals surface area contributed by atoms with Crippen molar-refractivity contribution in [3.05, 3.63) is 35.5 Å². The van der Waals surface area contributed by atoms with Crippen molar-refractivity contribution in [1.82, 2.24) is 0 Å². The number of rotatable bonds is 12. The lowest BCUT2D eigenvalue weighted by molar-refractivity contribution is -0.0799. The summed E-state index contributed by atoms with van der Waals surface area (Å²) in [7, 11) is 0. The van der Waals surface area contributed by atoms with Crippen molar-refractivity contribution in [2.24, 2.45) is 11.8 Å². The monoisotopic (exact) mass is 362 g/mol. The zero-order valence-corrected chi connectivity index (χ0v) is 16.3. The van der Waals surface area contributed by atoms with Crippen molar-refractivity contribution in [2.75, 3.05) is 6.67 Å². The summed E-state index contributed by atoms with van der Waals surface area (Å²) in [4.78, 5) is 0. The molecule has 0 aromatic carbocycles. The molecule has 0 aromatic heterocycles. The second-order valence-corrected chi connectivity index (χ2v) is 6.83. The van der Waals surface area contributed by atoms with Gasteiger partial charge in [-0.05, 0) is 38.2 Å². The molecule has 2 unspecified atom stereocenters. The van der Waals surface area contributed by atoms with Gasteiger partial charge in [0.15, 0.2) is 0 Å². The Balaban J connectivity index is 5.41. The molecule has 0 radical (unpaired) electrons. The number of unbranched alkanes of at least 4 members (excludes halogenated alkanes) is 2. The van der Waals surface area contributed by atoms with Crippen LogP contribution in [0.4, 0.5) is 17.6 Å². The van der Waals surface area contributed by atoms with Crippen molar-refractivity contribution < 1.29 is 17.6 Å². The third kappa shape index (κ3) is 8.73. The van der Waals surface area contributed by atoms with Crippen LogP contribution in [0.25, 0.3) is 0 Å². The first-order valence-electron chi connectivity index (χ1n) is 9.30. The van der Waals surface area contributed by atoms with Crippen LogP contribution >= 0.6 is 0 Å². The molecule has 0 nitrogen and oxygen atoms in total. The third-order valence-corrected chi connectivity index (χ3v) is 4.37. The average Bonchev–Trinajstić information content (AvgIpc) is 2.51. The smallest absolute Gasteiger partial charge is 0.251 e. The minimum Gasteiger partial charge on any atom is -0.251 e. The van der Waals surface area contributed by atoms with Crippen LogP contribution in [0.15, 0.2) is 35.5 Å².